The van der Waals surface area contributed by atoms with Crippen LogP contribution in [0, 0.1) is 6.92 Å². The summed E-state index contributed by atoms with van der Waals surface area (Å²) in [5, 5.41) is 6.66. The zero-order valence-electron chi connectivity index (χ0n) is 10.9. The average molecular weight is 262 g/mol. The molecule has 2 rings (SSSR count). The van der Waals surface area contributed by atoms with Crippen LogP contribution in [0.1, 0.15) is 29.2 Å². The van der Waals surface area contributed by atoms with Crippen LogP contribution in [0.3, 0.4) is 0 Å². The van der Waals surface area contributed by atoms with Gasteiger partial charge in [-0.3, -0.25) is 0 Å². The zero-order chi connectivity index (χ0) is 13.0. The SMILES string of the molecule is CCNC(c1csc(C)n1)c1ccccc1OC. The third-order valence-electron chi connectivity index (χ3n) is 2.79. The van der Waals surface area contributed by atoms with Crippen LogP contribution in [-0.2, 0) is 0 Å². The van der Waals surface area contributed by atoms with E-state index in [1.165, 1.54) is 0 Å². The van der Waals surface area contributed by atoms with E-state index in [2.05, 4.69) is 28.7 Å². The summed E-state index contributed by atoms with van der Waals surface area (Å²) in [6.45, 7) is 5.01. The Morgan fingerprint density at radius 2 is 2.17 bits per heavy atom. The van der Waals surface area contributed by atoms with E-state index in [1.807, 2.05) is 25.1 Å². The van der Waals surface area contributed by atoms with Crippen molar-refractivity contribution < 1.29 is 4.74 Å². The summed E-state index contributed by atoms with van der Waals surface area (Å²) in [6, 6.07) is 8.18. The molecule has 1 aromatic carbocycles. The molecule has 1 atom stereocenters. The Kier molecular flexibility index (Phi) is 4.33. The number of rotatable bonds is 5. The molecule has 1 unspecified atom stereocenters. The Balaban J connectivity index is 2.41. The molecule has 0 saturated carbocycles. The molecule has 1 N–H and O–H groups in total. The van der Waals surface area contributed by atoms with Crippen molar-refractivity contribution in [3.8, 4) is 5.75 Å². The number of thiazole rings is 1. The van der Waals surface area contributed by atoms with Crippen molar-refractivity contribution >= 4 is 11.3 Å². The smallest absolute Gasteiger partial charge is 0.124 e. The fraction of sp³-hybridized carbons (Fsp3) is 0.357. The molecule has 0 saturated heterocycles. The van der Waals surface area contributed by atoms with Gasteiger partial charge in [-0.15, -0.1) is 11.3 Å². The van der Waals surface area contributed by atoms with E-state index in [4.69, 9.17) is 4.74 Å². The first-order chi connectivity index (χ1) is 8.76. The van der Waals surface area contributed by atoms with E-state index in [0.29, 0.717) is 0 Å². The van der Waals surface area contributed by atoms with Gasteiger partial charge in [0.05, 0.1) is 23.9 Å². The molecule has 1 heterocycles. The average Bonchev–Trinajstić information content (AvgIpc) is 2.82. The van der Waals surface area contributed by atoms with E-state index in [1.54, 1.807) is 18.4 Å². The number of aryl methyl sites for hydroxylation is 1. The first-order valence-electron chi connectivity index (χ1n) is 6.04. The highest BCUT2D eigenvalue weighted by atomic mass is 32.1. The van der Waals surface area contributed by atoms with Crippen LogP contribution in [0.25, 0.3) is 0 Å². The normalized spacial score (nSPS) is 12.4. The predicted molar refractivity (Wildman–Crippen MR) is 75.4 cm³/mol. The van der Waals surface area contributed by atoms with Crippen molar-refractivity contribution in [2.45, 2.75) is 19.9 Å². The summed E-state index contributed by atoms with van der Waals surface area (Å²) >= 11 is 1.67. The molecule has 0 aliphatic rings. The van der Waals surface area contributed by atoms with Crippen LogP contribution in [-0.4, -0.2) is 18.6 Å². The molecule has 18 heavy (non-hydrogen) atoms. The second kappa shape index (κ2) is 5.98. The molecule has 2 aromatic rings. The van der Waals surface area contributed by atoms with Gasteiger partial charge in [-0.2, -0.15) is 0 Å². The van der Waals surface area contributed by atoms with Crippen LogP contribution >= 0.6 is 11.3 Å². The van der Waals surface area contributed by atoms with Gasteiger partial charge >= 0.3 is 0 Å². The Hall–Kier alpha value is -1.39. The minimum atomic E-state index is 0.0936. The number of benzene rings is 1. The van der Waals surface area contributed by atoms with Gasteiger partial charge in [-0.1, -0.05) is 25.1 Å². The minimum absolute atomic E-state index is 0.0936. The first-order valence-corrected chi connectivity index (χ1v) is 6.92. The Bertz CT molecular complexity index is 510. The van der Waals surface area contributed by atoms with Crippen molar-refractivity contribution in [2.24, 2.45) is 0 Å². The number of nitrogens with zero attached hydrogens (tertiary/aromatic N) is 1. The second-order valence-electron chi connectivity index (χ2n) is 4.02. The van der Waals surface area contributed by atoms with Crippen molar-refractivity contribution in [3.05, 3.63) is 45.9 Å². The fourth-order valence-electron chi connectivity index (χ4n) is 2.00. The quantitative estimate of drug-likeness (QED) is 0.898. The molecule has 4 heteroatoms. The van der Waals surface area contributed by atoms with E-state index < -0.39 is 0 Å². The van der Waals surface area contributed by atoms with Gasteiger partial charge in [0, 0.05) is 10.9 Å². The summed E-state index contributed by atoms with van der Waals surface area (Å²) < 4.78 is 5.44. The summed E-state index contributed by atoms with van der Waals surface area (Å²) in [4.78, 5) is 4.58. The molecule has 3 nitrogen and oxygen atoms in total. The van der Waals surface area contributed by atoms with E-state index in [9.17, 15) is 0 Å². The van der Waals surface area contributed by atoms with Gasteiger partial charge in [-0.25, -0.2) is 4.98 Å². The van der Waals surface area contributed by atoms with Crippen LogP contribution in [0.15, 0.2) is 29.6 Å². The lowest BCUT2D eigenvalue weighted by atomic mass is 10.0. The zero-order valence-corrected chi connectivity index (χ0v) is 11.8. The summed E-state index contributed by atoms with van der Waals surface area (Å²) in [5.74, 6) is 0.897. The number of para-hydroxylation sites is 1. The van der Waals surface area contributed by atoms with E-state index >= 15 is 0 Å². The van der Waals surface area contributed by atoms with Crippen molar-refractivity contribution in [2.75, 3.05) is 13.7 Å². The second-order valence-corrected chi connectivity index (χ2v) is 5.09. The molecule has 96 valence electrons. The number of methoxy groups -OCH3 is 1. The molecule has 0 aliphatic carbocycles. The van der Waals surface area contributed by atoms with Crippen LogP contribution in [0.4, 0.5) is 0 Å². The largest absolute Gasteiger partial charge is 0.496 e. The maximum absolute atomic E-state index is 5.44. The third-order valence-corrected chi connectivity index (χ3v) is 3.58. The van der Waals surface area contributed by atoms with Crippen LogP contribution < -0.4 is 10.1 Å². The summed E-state index contributed by atoms with van der Waals surface area (Å²) in [5.41, 5.74) is 2.19. The molecule has 1 aromatic heterocycles. The predicted octanol–water partition coefficient (Wildman–Crippen LogP) is 3.16. The highest BCUT2D eigenvalue weighted by Gasteiger charge is 2.19. The Morgan fingerprint density at radius 3 is 2.78 bits per heavy atom. The van der Waals surface area contributed by atoms with Crippen molar-refractivity contribution in [3.63, 3.8) is 0 Å². The summed E-state index contributed by atoms with van der Waals surface area (Å²) in [7, 11) is 1.70. The summed E-state index contributed by atoms with van der Waals surface area (Å²) in [6.07, 6.45) is 0. The molecule has 0 bridgehead atoms. The fourth-order valence-corrected chi connectivity index (χ4v) is 2.63. The van der Waals surface area contributed by atoms with Gasteiger partial charge in [0.1, 0.15) is 5.75 Å². The third kappa shape index (κ3) is 2.71. The molecule has 0 aliphatic heterocycles. The monoisotopic (exact) mass is 262 g/mol. The number of aromatic nitrogens is 1. The van der Waals surface area contributed by atoms with E-state index in [-0.39, 0.29) is 6.04 Å². The highest BCUT2D eigenvalue weighted by Crippen LogP contribution is 2.30. The number of ether oxygens (including phenoxy) is 1. The Morgan fingerprint density at radius 1 is 1.39 bits per heavy atom. The molecule has 0 spiro atoms. The Labute approximate surface area is 112 Å². The molecule has 0 radical (unpaired) electrons. The highest BCUT2D eigenvalue weighted by molar-refractivity contribution is 7.09. The molecular weight excluding hydrogens is 244 g/mol. The van der Waals surface area contributed by atoms with E-state index in [0.717, 1.165) is 28.6 Å². The topological polar surface area (TPSA) is 34.2 Å². The van der Waals surface area contributed by atoms with Gasteiger partial charge in [0.2, 0.25) is 0 Å². The lowest BCUT2D eigenvalue weighted by molar-refractivity contribution is 0.404. The van der Waals surface area contributed by atoms with Crippen LogP contribution in [0.2, 0.25) is 0 Å². The lowest BCUT2D eigenvalue weighted by Gasteiger charge is -2.19. The van der Waals surface area contributed by atoms with Crippen molar-refractivity contribution in [1.82, 2.24) is 10.3 Å². The minimum Gasteiger partial charge on any atom is -0.496 e. The lowest BCUT2D eigenvalue weighted by Crippen LogP contribution is -2.22. The number of hydrogen-bond acceptors (Lipinski definition) is 4. The number of hydrogen-bond donors (Lipinski definition) is 1. The molecule has 0 amide bonds. The van der Waals surface area contributed by atoms with Gasteiger partial charge < -0.3 is 10.1 Å². The molecule has 0 fully saturated rings. The molecular formula is C14H18N2OS. The van der Waals surface area contributed by atoms with Crippen molar-refractivity contribution in [1.29, 1.82) is 0 Å². The number of nitrogens with one attached hydrogen (secondary N) is 1. The van der Waals surface area contributed by atoms with Gasteiger partial charge in [0.25, 0.3) is 0 Å². The maximum atomic E-state index is 5.44. The maximum Gasteiger partial charge on any atom is 0.124 e. The van der Waals surface area contributed by atoms with Crippen LogP contribution in [0.5, 0.6) is 5.75 Å². The van der Waals surface area contributed by atoms with Gasteiger partial charge in [0.15, 0.2) is 0 Å². The standard InChI is InChI=1S/C14H18N2OS/c1-4-15-14(12-9-18-10(2)16-12)11-7-5-6-8-13(11)17-3/h5-9,14-15H,4H2,1-3H3. The van der Waals surface area contributed by atoms with Gasteiger partial charge in [-0.05, 0) is 19.5 Å². The first kappa shape index (κ1) is 13.1.